The van der Waals surface area contributed by atoms with E-state index in [0.717, 1.165) is 74.5 Å². The van der Waals surface area contributed by atoms with Crippen LogP contribution >= 0.6 is 0 Å². The average molecular weight is 450 g/mol. The highest BCUT2D eigenvalue weighted by molar-refractivity contribution is 5.87. The second-order valence-electron chi connectivity index (χ2n) is 8.44. The van der Waals surface area contributed by atoms with Crippen LogP contribution in [0.5, 0.6) is 5.75 Å². The number of nitrogens with one attached hydrogen (secondary N) is 1. The number of morpholine rings is 1. The SMILES string of the molecule is O=C(O)c1ccc(NC2CCC(Oc3cc(N4CCOCC4)cc4nccnc34)CC2)nc1. The van der Waals surface area contributed by atoms with Gasteiger partial charge in [0.05, 0.1) is 30.4 Å². The first-order valence-corrected chi connectivity index (χ1v) is 11.4. The lowest BCUT2D eigenvalue weighted by molar-refractivity contribution is 0.0696. The van der Waals surface area contributed by atoms with E-state index in [9.17, 15) is 4.79 Å². The van der Waals surface area contributed by atoms with Crippen molar-refractivity contribution in [2.75, 3.05) is 36.5 Å². The Hall–Kier alpha value is -3.46. The van der Waals surface area contributed by atoms with Gasteiger partial charge in [0.2, 0.25) is 0 Å². The molecule has 9 heteroatoms. The van der Waals surface area contributed by atoms with Gasteiger partial charge < -0.3 is 24.8 Å². The molecule has 33 heavy (non-hydrogen) atoms. The third-order valence-electron chi connectivity index (χ3n) is 6.23. The van der Waals surface area contributed by atoms with Gasteiger partial charge in [-0.2, -0.15) is 0 Å². The van der Waals surface area contributed by atoms with Crippen LogP contribution in [0.4, 0.5) is 11.5 Å². The number of benzene rings is 1. The van der Waals surface area contributed by atoms with E-state index in [-0.39, 0.29) is 17.7 Å². The Labute approximate surface area is 191 Å². The van der Waals surface area contributed by atoms with Gasteiger partial charge in [-0.05, 0) is 43.9 Å². The van der Waals surface area contributed by atoms with Crippen LogP contribution in [-0.2, 0) is 4.74 Å². The summed E-state index contributed by atoms with van der Waals surface area (Å²) >= 11 is 0. The fourth-order valence-electron chi connectivity index (χ4n) is 4.44. The maximum Gasteiger partial charge on any atom is 0.337 e. The highest BCUT2D eigenvalue weighted by Gasteiger charge is 2.24. The van der Waals surface area contributed by atoms with Crippen LogP contribution in [0.15, 0.2) is 42.9 Å². The number of hydrogen-bond donors (Lipinski definition) is 2. The first-order valence-electron chi connectivity index (χ1n) is 11.4. The summed E-state index contributed by atoms with van der Waals surface area (Å²) in [5.41, 5.74) is 2.90. The summed E-state index contributed by atoms with van der Waals surface area (Å²) in [5, 5.41) is 12.4. The van der Waals surface area contributed by atoms with E-state index in [4.69, 9.17) is 14.6 Å². The number of carbonyl (C=O) groups is 1. The molecule has 2 N–H and O–H groups in total. The summed E-state index contributed by atoms with van der Waals surface area (Å²) in [6, 6.07) is 7.72. The number of hydrogen-bond acceptors (Lipinski definition) is 8. The zero-order valence-corrected chi connectivity index (χ0v) is 18.3. The molecule has 0 radical (unpaired) electrons. The van der Waals surface area contributed by atoms with E-state index >= 15 is 0 Å². The number of pyridine rings is 1. The standard InChI is InChI=1S/C24H27N5O4/c30-24(31)16-1-6-22(27-15-16)28-17-2-4-19(5-3-17)33-21-14-18(29-9-11-32-12-10-29)13-20-23(21)26-8-7-25-20/h1,6-8,13-15,17,19H,2-5,9-12H2,(H,27,28)(H,30,31). The van der Waals surface area contributed by atoms with Gasteiger partial charge in [-0.15, -0.1) is 0 Å². The van der Waals surface area contributed by atoms with Crippen molar-refractivity contribution < 1.29 is 19.4 Å². The molecule has 0 unspecified atom stereocenters. The summed E-state index contributed by atoms with van der Waals surface area (Å²) in [6.07, 6.45) is 8.61. The van der Waals surface area contributed by atoms with Crippen LogP contribution in [0.3, 0.4) is 0 Å². The molecular formula is C24H27N5O4. The number of rotatable bonds is 6. The molecule has 1 aliphatic heterocycles. The summed E-state index contributed by atoms with van der Waals surface area (Å²) in [7, 11) is 0. The van der Waals surface area contributed by atoms with Crippen molar-refractivity contribution in [2.45, 2.75) is 37.8 Å². The van der Waals surface area contributed by atoms with Gasteiger partial charge in [-0.3, -0.25) is 4.98 Å². The van der Waals surface area contributed by atoms with Gasteiger partial charge in [0.1, 0.15) is 17.1 Å². The van der Waals surface area contributed by atoms with Crippen LogP contribution in [0, 0.1) is 0 Å². The second kappa shape index (κ2) is 9.58. The highest BCUT2D eigenvalue weighted by atomic mass is 16.5. The number of anilines is 2. The van der Waals surface area contributed by atoms with E-state index in [0.29, 0.717) is 5.82 Å². The molecule has 2 aromatic heterocycles. The van der Waals surface area contributed by atoms with E-state index in [1.54, 1.807) is 24.5 Å². The number of carboxylic acids is 1. The third-order valence-corrected chi connectivity index (χ3v) is 6.23. The Morgan fingerprint density at radius 2 is 1.85 bits per heavy atom. The van der Waals surface area contributed by atoms with Gasteiger partial charge in [-0.1, -0.05) is 0 Å². The molecule has 172 valence electrons. The first-order chi connectivity index (χ1) is 16.2. The predicted molar refractivity (Wildman–Crippen MR) is 124 cm³/mol. The molecule has 3 heterocycles. The fourth-order valence-corrected chi connectivity index (χ4v) is 4.44. The van der Waals surface area contributed by atoms with E-state index in [1.807, 2.05) is 0 Å². The molecule has 1 saturated heterocycles. The summed E-state index contributed by atoms with van der Waals surface area (Å²) < 4.78 is 12.0. The minimum absolute atomic E-state index is 0.107. The molecule has 2 fully saturated rings. The maximum atomic E-state index is 11.0. The monoisotopic (exact) mass is 449 g/mol. The number of carboxylic acid groups (broad SMARTS) is 1. The minimum atomic E-state index is -0.971. The molecule has 0 spiro atoms. The Bertz CT molecular complexity index is 1110. The molecule has 3 aromatic rings. The lowest BCUT2D eigenvalue weighted by Gasteiger charge is -2.31. The van der Waals surface area contributed by atoms with Crippen LogP contribution in [0.25, 0.3) is 11.0 Å². The molecule has 1 aliphatic carbocycles. The van der Waals surface area contributed by atoms with Crippen molar-refractivity contribution in [3.8, 4) is 5.75 Å². The van der Waals surface area contributed by atoms with Crippen LogP contribution in [-0.4, -0.2) is 64.5 Å². The number of fused-ring (bicyclic) bond motifs is 1. The molecule has 5 rings (SSSR count). The molecule has 0 atom stereocenters. The number of nitrogens with zero attached hydrogens (tertiary/aromatic N) is 4. The van der Waals surface area contributed by atoms with Gasteiger partial charge in [0.15, 0.2) is 0 Å². The zero-order valence-electron chi connectivity index (χ0n) is 18.3. The van der Waals surface area contributed by atoms with E-state index in [1.165, 1.54) is 6.20 Å². The van der Waals surface area contributed by atoms with Crippen molar-refractivity contribution in [3.63, 3.8) is 0 Å². The third kappa shape index (κ3) is 4.98. The molecule has 9 nitrogen and oxygen atoms in total. The average Bonchev–Trinajstić information content (AvgIpc) is 2.86. The van der Waals surface area contributed by atoms with Crippen LogP contribution in [0.2, 0.25) is 0 Å². The highest BCUT2D eigenvalue weighted by Crippen LogP contribution is 2.33. The quantitative estimate of drug-likeness (QED) is 0.585. The first kappa shape index (κ1) is 21.4. The Kier molecular flexibility index (Phi) is 6.21. The van der Waals surface area contributed by atoms with Crippen molar-refractivity contribution in [1.82, 2.24) is 15.0 Å². The number of aromatic nitrogens is 3. The normalized spacial score (nSPS) is 21.0. The van der Waals surface area contributed by atoms with Crippen LogP contribution < -0.4 is 15.0 Å². The molecule has 0 bridgehead atoms. The Balaban J connectivity index is 1.24. The lowest BCUT2D eigenvalue weighted by Crippen LogP contribution is -2.36. The van der Waals surface area contributed by atoms with E-state index < -0.39 is 5.97 Å². The zero-order chi connectivity index (χ0) is 22.6. The van der Waals surface area contributed by atoms with Gasteiger partial charge in [0, 0.05) is 49.5 Å². The summed E-state index contributed by atoms with van der Waals surface area (Å²) in [6.45, 7) is 3.14. The van der Waals surface area contributed by atoms with Crippen LogP contribution in [0.1, 0.15) is 36.0 Å². The topological polar surface area (TPSA) is 110 Å². The number of ether oxygens (including phenoxy) is 2. The van der Waals surface area contributed by atoms with Crippen molar-refractivity contribution in [2.24, 2.45) is 0 Å². The maximum absolute atomic E-state index is 11.0. The van der Waals surface area contributed by atoms with Gasteiger partial charge in [-0.25, -0.2) is 14.8 Å². The lowest BCUT2D eigenvalue weighted by atomic mass is 9.93. The summed E-state index contributed by atoms with van der Waals surface area (Å²) in [4.78, 5) is 26.5. The Morgan fingerprint density at radius 1 is 1.06 bits per heavy atom. The molecular weight excluding hydrogens is 422 g/mol. The smallest absolute Gasteiger partial charge is 0.337 e. The van der Waals surface area contributed by atoms with Gasteiger partial charge >= 0.3 is 5.97 Å². The predicted octanol–water partition coefficient (Wildman–Crippen LogP) is 3.36. The summed E-state index contributed by atoms with van der Waals surface area (Å²) in [5.74, 6) is 0.509. The van der Waals surface area contributed by atoms with Crippen molar-refractivity contribution in [3.05, 3.63) is 48.4 Å². The van der Waals surface area contributed by atoms with Crippen molar-refractivity contribution >= 4 is 28.5 Å². The second-order valence-corrected chi connectivity index (χ2v) is 8.44. The minimum Gasteiger partial charge on any atom is -0.488 e. The van der Waals surface area contributed by atoms with Gasteiger partial charge in [0.25, 0.3) is 0 Å². The number of aromatic carboxylic acids is 1. The Morgan fingerprint density at radius 3 is 2.58 bits per heavy atom. The fraction of sp³-hybridized carbons (Fsp3) is 0.417. The molecule has 1 aromatic carbocycles. The molecule has 0 amide bonds. The largest absolute Gasteiger partial charge is 0.488 e. The molecule has 1 saturated carbocycles. The van der Waals surface area contributed by atoms with Crippen molar-refractivity contribution in [1.29, 1.82) is 0 Å². The molecule has 2 aliphatic rings. The van der Waals surface area contributed by atoms with E-state index in [2.05, 4.69) is 37.3 Å².